The van der Waals surface area contributed by atoms with Crippen LogP contribution >= 0.6 is 0 Å². The normalized spacial score (nSPS) is 24.1. The minimum atomic E-state index is 0.0509. The van der Waals surface area contributed by atoms with Crippen LogP contribution in [-0.2, 0) is 0 Å². The van der Waals surface area contributed by atoms with Gasteiger partial charge in [0.15, 0.2) is 0 Å². The fourth-order valence-electron chi connectivity index (χ4n) is 6.67. The Labute approximate surface area is 216 Å². The molecular weight excluding hydrogens is 446 g/mol. The van der Waals surface area contributed by atoms with Crippen LogP contribution in [0.25, 0.3) is 0 Å². The molecule has 192 valence electrons. The summed E-state index contributed by atoms with van der Waals surface area (Å²) in [4.78, 5) is 18.2. The van der Waals surface area contributed by atoms with Crippen LogP contribution in [0.4, 0.5) is 0 Å². The molecule has 2 aliphatic heterocycles. The van der Waals surface area contributed by atoms with Crippen LogP contribution < -0.4 is 10.1 Å². The summed E-state index contributed by atoms with van der Waals surface area (Å²) >= 11 is 0. The number of nitrogens with zero attached hydrogens (tertiary/aromatic N) is 2. The van der Waals surface area contributed by atoms with Crippen molar-refractivity contribution in [3.63, 3.8) is 0 Å². The van der Waals surface area contributed by atoms with Gasteiger partial charge < -0.3 is 10.1 Å². The molecule has 0 aromatic heterocycles. The van der Waals surface area contributed by atoms with E-state index < -0.39 is 0 Å². The topological polar surface area (TPSA) is 44.8 Å². The van der Waals surface area contributed by atoms with Gasteiger partial charge in [-0.1, -0.05) is 49.6 Å². The van der Waals surface area contributed by atoms with Crippen LogP contribution in [0.15, 0.2) is 61.2 Å². The van der Waals surface area contributed by atoms with Crippen molar-refractivity contribution in [2.45, 2.75) is 75.5 Å². The Balaban J connectivity index is 1.43. The maximum absolute atomic E-state index is 12.9. The van der Waals surface area contributed by atoms with E-state index >= 15 is 0 Å². The number of rotatable bonds is 8. The largest absolute Gasteiger partial charge is 0.497 e. The van der Waals surface area contributed by atoms with E-state index in [0.29, 0.717) is 18.1 Å². The number of piperidine rings is 1. The lowest BCUT2D eigenvalue weighted by molar-refractivity contribution is 0.0937. The second-order valence-corrected chi connectivity index (χ2v) is 10.8. The first-order valence-corrected chi connectivity index (χ1v) is 13.8. The van der Waals surface area contributed by atoms with Gasteiger partial charge in [0.25, 0.3) is 5.91 Å². The second kappa shape index (κ2) is 11.6. The van der Waals surface area contributed by atoms with Crippen LogP contribution in [0.2, 0.25) is 0 Å². The summed E-state index contributed by atoms with van der Waals surface area (Å²) in [6.07, 6.45) is 11.7. The van der Waals surface area contributed by atoms with Gasteiger partial charge in [-0.05, 0) is 67.5 Å². The predicted molar refractivity (Wildman–Crippen MR) is 146 cm³/mol. The zero-order valence-corrected chi connectivity index (χ0v) is 21.7. The van der Waals surface area contributed by atoms with Crippen LogP contribution in [0, 0.1) is 0 Å². The quantitative estimate of drug-likeness (QED) is 0.495. The fraction of sp³-hybridized carbons (Fsp3) is 0.516. The first kappa shape index (κ1) is 25.0. The molecule has 5 heteroatoms. The lowest BCUT2D eigenvalue weighted by atomic mass is 9.94. The van der Waals surface area contributed by atoms with Crippen molar-refractivity contribution in [2.75, 3.05) is 26.7 Å². The van der Waals surface area contributed by atoms with Crippen molar-refractivity contribution < 1.29 is 9.53 Å². The number of hydrogen-bond acceptors (Lipinski definition) is 4. The molecule has 2 bridgehead atoms. The zero-order chi connectivity index (χ0) is 24.9. The maximum Gasteiger partial charge on any atom is 0.251 e. The molecule has 3 unspecified atom stereocenters. The number of methoxy groups -OCH3 is 1. The molecule has 3 fully saturated rings. The van der Waals surface area contributed by atoms with Gasteiger partial charge in [-0.15, -0.1) is 6.58 Å². The molecule has 5 rings (SSSR count). The number of carbonyl (C=O) groups excluding carboxylic acids is 1. The lowest BCUT2D eigenvalue weighted by Crippen LogP contribution is -2.48. The van der Waals surface area contributed by atoms with Crippen molar-refractivity contribution in [3.8, 4) is 5.75 Å². The Morgan fingerprint density at radius 3 is 2.56 bits per heavy atom. The van der Waals surface area contributed by atoms with Gasteiger partial charge in [-0.3, -0.25) is 14.6 Å². The molecular formula is C31H41N3O2. The number of carbonyl (C=O) groups is 1. The Morgan fingerprint density at radius 2 is 1.81 bits per heavy atom. The molecule has 1 N–H and O–H groups in total. The van der Waals surface area contributed by atoms with E-state index in [4.69, 9.17) is 4.74 Å². The summed E-state index contributed by atoms with van der Waals surface area (Å²) in [5.74, 6) is 0.932. The zero-order valence-electron chi connectivity index (χ0n) is 21.7. The van der Waals surface area contributed by atoms with Gasteiger partial charge in [0, 0.05) is 43.3 Å². The highest BCUT2D eigenvalue weighted by Crippen LogP contribution is 2.36. The number of fused-ring (bicyclic) bond motifs is 2. The van der Waals surface area contributed by atoms with Gasteiger partial charge in [0.05, 0.1) is 13.2 Å². The van der Waals surface area contributed by atoms with Gasteiger partial charge in [-0.25, -0.2) is 0 Å². The van der Waals surface area contributed by atoms with Crippen molar-refractivity contribution >= 4 is 5.91 Å². The molecule has 1 amide bonds. The van der Waals surface area contributed by atoms with Crippen LogP contribution in [0.5, 0.6) is 5.75 Å². The average molecular weight is 488 g/mol. The van der Waals surface area contributed by atoms with E-state index in [0.717, 1.165) is 43.8 Å². The monoisotopic (exact) mass is 487 g/mol. The smallest absolute Gasteiger partial charge is 0.251 e. The summed E-state index contributed by atoms with van der Waals surface area (Å²) in [5.41, 5.74) is 3.22. The highest BCUT2D eigenvalue weighted by atomic mass is 16.5. The molecule has 2 saturated heterocycles. The summed E-state index contributed by atoms with van der Waals surface area (Å²) in [6, 6.07) is 18.5. The SMILES string of the molecule is C=CCN1C2CCCC1CN(C(c1ccc(C(=O)NC3CCCC3)cc1)c1cccc(OC)c1)CC2. The fourth-order valence-corrected chi connectivity index (χ4v) is 6.67. The molecule has 2 aromatic rings. The summed E-state index contributed by atoms with van der Waals surface area (Å²) < 4.78 is 5.59. The molecule has 1 aliphatic carbocycles. The van der Waals surface area contributed by atoms with Crippen molar-refractivity contribution in [3.05, 3.63) is 77.9 Å². The highest BCUT2D eigenvalue weighted by Gasteiger charge is 2.36. The molecule has 5 nitrogen and oxygen atoms in total. The van der Waals surface area contributed by atoms with Gasteiger partial charge >= 0.3 is 0 Å². The van der Waals surface area contributed by atoms with Crippen LogP contribution in [-0.4, -0.2) is 60.6 Å². The van der Waals surface area contributed by atoms with Crippen molar-refractivity contribution in [1.82, 2.24) is 15.1 Å². The summed E-state index contributed by atoms with van der Waals surface area (Å²) in [5, 5.41) is 3.22. The molecule has 1 saturated carbocycles. The molecule has 36 heavy (non-hydrogen) atoms. The average Bonchev–Trinajstić information content (AvgIpc) is 3.39. The Hall–Kier alpha value is -2.63. The lowest BCUT2D eigenvalue weighted by Gasteiger charge is -2.41. The van der Waals surface area contributed by atoms with E-state index in [1.807, 2.05) is 18.2 Å². The molecule has 0 spiro atoms. The molecule has 2 aromatic carbocycles. The van der Waals surface area contributed by atoms with E-state index in [2.05, 4.69) is 58.1 Å². The second-order valence-electron chi connectivity index (χ2n) is 10.8. The van der Waals surface area contributed by atoms with E-state index in [-0.39, 0.29) is 11.9 Å². The number of ether oxygens (including phenoxy) is 1. The minimum Gasteiger partial charge on any atom is -0.497 e. The minimum absolute atomic E-state index is 0.0509. The number of hydrogen-bond donors (Lipinski definition) is 1. The van der Waals surface area contributed by atoms with E-state index in [9.17, 15) is 4.79 Å². The van der Waals surface area contributed by atoms with E-state index in [1.165, 1.54) is 49.7 Å². The van der Waals surface area contributed by atoms with Crippen LogP contribution in [0.1, 0.15) is 78.9 Å². The Morgan fingerprint density at radius 1 is 1.03 bits per heavy atom. The third kappa shape index (κ3) is 5.52. The van der Waals surface area contributed by atoms with Gasteiger partial charge in [-0.2, -0.15) is 0 Å². The summed E-state index contributed by atoms with van der Waals surface area (Å²) in [6.45, 7) is 7.10. The molecule has 3 aliphatic rings. The van der Waals surface area contributed by atoms with Crippen LogP contribution in [0.3, 0.4) is 0 Å². The first-order chi connectivity index (χ1) is 17.7. The molecule has 3 atom stereocenters. The maximum atomic E-state index is 12.9. The standard InChI is InChI=1S/C31H41N3O2/c1-3-19-34-27-11-7-12-28(34)22-33(20-18-27)30(25-8-6-13-29(21-25)36-2)23-14-16-24(17-15-23)31(35)32-26-9-4-5-10-26/h3,6,8,13-17,21,26-28,30H,1,4-5,7,9-12,18-20,22H2,2H3,(H,32,35). The van der Waals surface area contributed by atoms with Gasteiger partial charge in [0.1, 0.15) is 5.75 Å². The predicted octanol–water partition coefficient (Wildman–Crippen LogP) is 5.57. The Kier molecular flexibility index (Phi) is 8.08. The highest BCUT2D eigenvalue weighted by molar-refractivity contribution is 5.94. The number of nitrogens with one attached hydrogen (secondary N) is 1. The third-order valence-corrected chi connectivity index (χ3v) is 8.50. The molecule has 2 heterocycles. The van der Waals surface area contributed by atoms with Crippen molar-refractivity contribution in [2.24, 2.45) is 0 Å². The van der Waals surface area contributed by atoms with Gasteiger partial charge in [0.2, 0.25) is 0 Å². The Bertz CT molecular complexity index is 1030. The van der Waals surface area contributed by atoms with Crippen molar-refractivity contribution in [1.29, 1.82) is 0 Å². The molecule has 0 radical (unpaired) electrons. The summed E-state index contributed by atoms with van der Waals surface area (Å²) in [7, 11) is 1.73. The third-order valence-electron chi connectivity index (χ3n) is 8.50. The number of benzene rings is 2. The first-order valence-electron chi connectivity index (χ1n) is 13.8. The number of amides is 1. The van der Waals surface area contributed by atoms with E-state index in [1.54, 1.807) is 7.11 Å².